The standard InChI is InChI=1S/C11H17FN2O2S/c1-3-14(17(15,16)4-2)11-7-5-6-10(12)9(11)8-13/h5-7H,3-4,8,13H2,1-2H3. The summed E-state index contributed by atoms with van der Waals surface area (Å²) in [6, 6.07) is 4.33. The number of rotatable bonds is 5. The van der Waals surface area contributed by atoms with Crippen molar-refractivity contribution in [2.24, 2.45) is 5.73 Å². The van der Waals surface area contributed by atoms with E-state index in [0.717, 1.165) is 0 Å². The van der Waals surface area contributed by atoms with Crippen LogP contribution in [0.1, 0.15) is 19.4 Å². The Labute approximate surface area is 101 Å². The molecule has 0 unspecified atom stereocenters. The Balaban J connectivity index is 3.36. The molecule has 96 valence electrons. The summed E-state index contributed by atoms with van der Waals surface area (Å²) in [6.45, 7) is 3.49. The average molecular weight is 260 g/mol. The first-order valence-corrected chi connectivity index (χ1v) is 7.06. The Morgan fingerprint density at radius 1 is 1.35 bits per heavy atom. The highest BCUT2D eigenvalue weighted by Gasteiger charge is 2.22. The fourth-order valence-electron chi connectivity index (χ4n) is 1.66. The van der Waals surface area contributed by atoms with E-state index < -0.39 is 15.8 Å². The maximum absolute atomic E-state index is 13.5. The van der Waals surface area contributed by atoms with Crippen molar-refractivity contribution < 1.29 is 12.8 Å². The van der Waals surface area contributed by atoms with Crippen molar-refractivity contribution in [1.29, 1.82) is 0 Å². The fraction of sp³-hybridized carbons (Fsp3) is 0.455. The molecule has 0 spiro atoms. The van der Waals surface area contributed by atoms with Gasteiger partial charge in [0.05, 0.1) is 11.4 Å². The van der Waals surface area contributed by atoms with E-state index in [0.29, 0.717) is 5.69 Å². The highest BCUT2D eigenvalue weighted by Crippen LogP contribution is 2.25. The molecule has 17 heavy (non-hydrogen) atoms. The smallest absolute Gasteiger partial charge is 0.234 e. The van der Waals surface area contributed by atoms with E-state index in [2.05, 4.69) is 0 Å². The lowest BCUT2D eigenvalue weighted by atomic mass is 10.1. The summed E-state index contributed by atoms with van der Waals surface area (Å²) in [5, 5.41) is 0. The van der Waals surface area contributed by atoms with Crippen LogP contribution in [0.2, 0.25) is 0 Å². The van der Waals surface area contributed by atoms with Crippen molar-refractivity contribution in [3.05, 3.63) is 29.6 Å². The maximum atomic E-state index is 13.5. The number of hydrogen-bond acceptors (Lipinski definition) is 3. The van der Waals surface area contributed by atoms with E-state index in [-0.39, 0.29) is 24.4 Å². The van der Waals surface area contributed by atoms with Gasteiger partial charge in [0.15, 0.2) is 0 Å². The largest absolute Gasteiger partial charge is 0.326 e. The summed E-state index contributed by atoms with van der Waals surface area (Å²) in [6.07, 6.45) is 0. The summed E-state index contributed by atoms with van der Waals surface area (Å²) in [5.74, 6) is -0.504. The molecule has 2 N–H and O–H groups in total. The second kappa shape index (κ2) is 5.46. The molecule has 1 rings (SSSR count). The summed E-state index contributed by atoms with van der Waals surface area (Å²) < 4.78 is 38.5. The fourth-order valence-corrected chi connectivity index (χ4v) is 2.83. The highest BCUT2D eigenvalue weighted by atomic mass is 32.2. The van der Waals surface area contributed by atoms with Crippen LogP contribution in [0.15, 0.2) is 18.2 Å². The van der Waals surface area contributed by atoms with Crippen molar-refractivity contribution in [2.45, 2.75) is 20.4 Å². The molecule has 0 heterocycles. The van der Waals surface area contributed by atoms with Crippen LogP contribution in [0, 0.1) is 5.82 Å². The molecule has 4 nitrogen and oxygen atoms in total. The number of anilines is 1. The zero-order valence-corrected chi connectivity index (χ0v) is 10.8. The maximum Gasteiger partial charge on any atom is 0.234 e. The minimum Gasteiger partial charge on any atom is -0.326 e. The molecular weight excluding hydrogens is 243 g/mol. The molecule has 1 aromatic carbocycles. The molecule has 0 amide bonds. The number of sulfonamides is 1. The second-order valence-electron chi connectivity index (χ2n) is 3.51. The molecular formula is C11H17FN2O2S. The Bertz CT molecular complexity index is 488. The Kier molecular flexibility index (Phi) is 4.47. The van der Waals surface area contributed by atoms with Crippen LogP contribution in [0.25, 0.3) is 0 Å². The topological polar surface area (TPSA) is 63.4 Å². The number of hydrogen-bond donors (Lipinski definition) is 1. The molecule has 0 aliphatic heterocycles. The molecule has 0 saturated heterocycles. The van der Waals surface area contributed by atoms with Gasteiger partial charge in [-0.2, -0.15) is 0 Å². The van der Waals surface area contributed by atoms with E-state index in [1.807, 2.05) is 0 Å². The molecule has 0 fully saturated rings. The Morgan fingerprint density at radius 3 is 2.47 bits per heavy atom. The number of benzene rings is 1. The van der Waals surface area contributed by atoms with Gasteiger partial charge in [0.2, 0.25) is 10.0 Å². The van der Waals surface area contributed by atoms with Gasteiger partial charge in [0.1, 0.15) is 5.82 Å². The SMILES string of the molecule is CCN(c1cccc(F)c1CN)S(=O)(=O)CC. The first-order chi connectivity index (χ1) is 7.97. The molecule has 0 atom stereocenters. The number of nitrogens with zero attached hydrogens (tertiary/aromatic N) is 1. The average Bonchev–Trinajstić information content (AvgIpc) is 2.30. The van der Waals surface area contributed by atoms with Gasteiger partial charge in [-0.1, -0.05) is 6.07 Å². The molecule has 0 aliphatic rings. The van der Waals surface area contributed by atoms with Gasteiger partial charge in [0, 0.05) is 18.7 Å². The van der Waals surface area contributed by atoms with E-state index in [1.165, 1.54) is 16.4 Å². The first kappa shape index (κ1) is 13.9. The van der Waals surface area contributed by atoms with Crippen molar-refractivity contribution in [3.8, 4) is 0 Å². The number of nitrogens with two attached hydrogens (primary N) is 1. The van der Waals surface area contributed by atoms with Crippen LogP contribution in [-0.2, 0) is 16.6 Å². The van der Waals surface area contributed by atoms with Gasteiger partial charge < -0.3 is 5.73 Å². The van der Waals surface area contributed by atoms with E-state index in [9.17, 15) is 12.8 Å². The van der Waals surface area contributed by atoms with Crippen molar-refractivity contribution in [1.82, 2.24) is 0 Å². The van der Waals surface area contributed by atoms with Crippen molar-refractivity contribution in [2.75, 3.05) is 16.6 Å². The lowest BCUT2D eigenvalue weighted by Crippen LogP contribution is -2.33. The van der Waals surface area contributed by atoms with Crippen molar-refractivity contribution >= 4 is 15.7 Å². The van der Waals surface area contributed by atoms with Gasteiger partial charge in [-0.25, -0.2) is 12.8 Å². The minimum absolute atomic E-state index is 0.0264. The summed E-state index contributed by atoms with van der Waals surface area (Å²) in [7, 11) is -3.40. The Morgan fingerprint density at radius 2 is 2.00 bits per heavy atom. The summed E-state index contributed by atoms with van der Waals surface area (Å²) >= 11 is 0. The van der Waals surface area contributed by atoms with Crippen LogP contribution < -0.4 is 10.0 Å². The molecule has 0 aliphatic carbocycles. The summed E-state index contributed by atoms with van der Waals surface area (Å²) in [4.78, 5) is 0. The third-order valence-corrected chi connectivity index (χ3v) is 4.41. The van der Waals surface area contributed by atoms with Gasteiger partial charge in [-0.15, -0.1) is 0 Å². The molecule has 0 aromatic heterocycles. The molecule has 6 heteroatoms. The minimum atomic E-state index is -3.40. The summed E-state index contributed by atoms with van der Waals surface area (Å²) in [5.41, 5.74) is 6.03. The third-order valence-electron chi connectivity index (χ3n) is 2.55. The van der Waals surface area contributed by atoms with Gasteiger partial charge in [-0.3, -0.25) is 4.31 Å². The second-order valence-corrected chi connectivity index (χ2v) is 5.69. The third kappa shape index (κ3) is 2.76. The molecule has 0 radical (unpaired) electrons. The highest BCUT2D eigenvalue weighted by molar-refractivity contribution is 7.92. The predicted octanol–water partition coefficient (Wildman–Crippen LogP) is 1.46. The lowest BCUT2D eigenvalue weighted by Gasteiger charge is -2.24. The zero-order chi connectivity index (χ0) is 13.1. The van der Waals surface area contributed by atoms with Crippen LogP contribution in [0.5, 0.6) is 0 Å². The molecule has 0 saturated carbocycles. The van der Waals surface area contributed by atoms with E-state index in [4.69, 9.17) is 5.73 Å². The van der Waals surface area contributed by atoms with Crippen molar-refractivity contribution in [3.63, 3.8) is 0 Å². The van der Waals surface area contributed by atoms with Gasteiger partial charge >= 0.3 is 0 Å². The zero-order valence-electron chi connectivity index (χ0n) is 9.98. The lowest BCUT2D eigenvalue weighted by molar-refractivity contribution is 0.591. The van der Waals surface area contributed by atoms with Crippen LogP contribution in [-0.4, -0.2) is 20.7 Å². The molecule has 1 aromatic rings. The number of halogens is 1. The quantitative estimate of drug-likeness (QED) is 0.871. The normalized spacial score (nSPS) is 11.5. The van der Waals surface area contributed by atoms with E-state index >= 15 is 0 Å². The van der Waals surface area contributed by atoms with Gasteiger partial charge in [0.25, 0.3) is 0 Å². The van der Waals surface area contributed by atoms with E-state index in [1.54, 1.807) is 19.9 Å². The van der Waals surface area contributed by atoms with Gasteiger partial charge in [-0.05, 0) is 26.0 Å². The van der Waals surface area contributed by atoms with Crippen LogP contribution >= 0.6 is 0 Å². The monoisotopic (exact) mass is 260 g/mol. The first-order valence-electron chi connectivity index (χ1n) is 5.45. The molecule has 0 bridgehead atoms. The predicted molar refractivity (Wildman–Crippen MR) is 66.8 cm³/mol. The van der Waals surface area contributed by atoms with Crippen LogP contribution in [0.4, 0.5) is 10.1 Å². The van der Waals surface area contributed by atoms with Crippen LogP contribution in [0.3, 0.4) is 0 Å². The Hall–Kier alpha value is -1.14.